The summed E-state index contributed by atoms with van der Waals surface area (Å²) in [4.78, 5) is 16.3. The van der Waals surface area contributed by atoms with Crippen molar-refractivity contribution in [3.63, 3.8) is 0 Å². The molecule has 0 spiro atoms. The number of para-hydroxylation sites is 1. The molecule has 0 saturated carbocycles. The van der Waals surface area contributed by atoms with E-state index in [0.29, 0.717) is 11.3 Å². The molecule has 0 N–H and O–H groups in total. The van der Waals surface area contributed by atoms with Crippen LogP contribution in [-0.4, -0.2) is 20.1 Å². The zero-order chi connectivity index (χ0) is 18.0. The number of rotatable bonds is 4. The quantitative estimate of drug-likeness (QED) is 0.477. The molecule has 2 aromatic carbocycles. The van der Waals surface area contributed by atoms with Crippen LogP contribution in [0.3, 0.4) is 0 Å². The molecule has 25 heavy (non-hydrogen) atoms. The second-order valence-corrected chi connectivity index (χ2v) is 7.05. The first kappa shape index (κ1) is 16.9. The van der Waals surface area contributed by atoms with Gasteiger partial charge in [0.2, 0.25) is 0 Å². The fourth-order valence-electron chi connectivity index (χ4n) is 2.22. The van der Waals surface area contributed by atoms with Crippen molar-refractivity contribution in [2.24, 2.45) is 5.16 Å². The minimum Gasteiger partial charge on any atom is -0.378 e. The standard InChI is InChI=1S/C18H15NO5S/c1-12-7-9-15(10-8-12)25(21,22)24-17-6-4-3-5-14(17)11-16-13(2)19-23-18(16)20/h3-11H,1-2H3/b16-11+. The van der Waals surface area contributed by atoms with Crippen LogP contribution in [0, 0.1) is 6.92 Å². The number of carbonyl (C=O) groups is 1. The van der Waals surface area contributed by atoms with Crippen molar-refractivity contribution in [1.82, 2.24) is 0 Å². The molecule has 3 rings (SSSR count). The van der Waals surface area contributed by atoms with E-state index in [0.717, 1.165) is 5.56 Å². The Labute approximate surface area is 145 Å². The summed E-state index contributed by atoms with van der Waals surface area (Å²) in [7, 11) is -3.99. The van der Waals surface area contributed by atoms with Crippen molar-refractivity contribution in [3.8, 4) is 5.75 Å². The number of nitrogens with zero attached hydrogens (tertiary/aromatic N) is 1. The number of aryl methyl sites for hydroxylation is 1. The maximum Gasteiger partial charge on any atom is 0.367 e. The first-order chi connectivity index (χ1) is 11.9. The normalized spacial score (nSPS) is 15.8. The Bertz CT molecular complexity index is 988. The molecule has 0 atom stereocenters. The van der Waals surface area contributed by atoms with E-state index in [1.165, 1.54) is 24.3 Å². The summed E-state index contributed by atoms with van der Waals surface area (Å²) in [6.07, 6.45) is 1.49. The van der Waals surface area contributed by atoms with E-state index in [2.05, 4.69) is 9.99 Å². The van der Waals surface area contributed by atoms with E-state index in [1.54, 1.807) is 37.3 Å². The average Bonchev–Trinajstić information content (AvgIpc) is 2.89. The van der Waals surface area contributed by atoms with E-state index in [9.17, 15) is 13.2 Å². The van der Waals surface area contributed by atoms with Crippen molar-refractivity contribution in [2.75, 3.05) is 0 Å². The fourth-order valence-corrected chi connectivity index (χ4v) is 3.18. The molecule has 1 aliphatic rings. The second kappa shape index (κ2) is 6.52. The number of carbonyl (C=O) groups excluding carboxylic acids is 1. The van der Waals surface area contributed by atoms with Gasteiger partial charge in [-0.2, -0.15) is 8.42 Å². The molecule has 128 valence electrons. The van der Waals surface area contributed by atoms with Crippen LogP contribution in [0.15, 0.2) is 64.2 Å². The molecular weight excluding hydrogens is 342 g/mol. The van der Waals surface area contributed by atoms with E-state index in [-0.39, 0.29) is 16.2 Å². The van der Waals surface area contributed by atoms with Crippen molar-refractivity contribution in [2.45, 2.75) is 18.7 Å². The molecule has 0 amide bonds. The Morgan fingerprint density at radius 3 is 2.36 bits per heavy atom. The van der Waals surface area contributed by atoms with Gasteiger partial charge in [0.25, 0.3) is 0 Å². The van der Waals surface area contributed by atoms with Gasteiger partial charge in [0, 0.05) is 5.56 Å². The highest BCUT2D eigenvalue weighted by Crippen LogP contribution is 2.26. The third-order valence-corrected chi connectivity index (χ3v) is 4.85. The van der Waals surface area contributed by atoms with Crippen LogP contribution in [0.2, 0.25) is 0 Å². The maximum absolute atomic E-state index is 12.5. The van der Waals surface area contributed by atoms with E-state index in [4.69, 9.17) is 4.18 Å². The summed E-state index contributed by atoms with van der Waals surface area (Å²) in [6.45, 7) is 3.49. The number of benzene rings is 2. The third-order valence-electron chi connectivity index (χ3n) is 3.60. The highest BCUT2D eigenvalue weighted by atomic mass is 32.2. The highest BCUT2D eigenvalue weighted by molar-refractivity contribution is 7.87. The molecule has 0 aliphatic carbocycles. The van der Waals surface area contributed by atoms with Crippen LogP contribution in [0.5, 0.6) is 5.75 Å². The summed E-state index contributed by atoms with van der Waals surface area (Å²) >= 11 is 0. The Hall–Kier alpha value is -2.93. The lowest BCUT2D eigenvalue weighted by atomic mass is 10.1. The van der Waals surface area contributed by atoms with Gasteiger partial charge in [0.05, 0.1) is 11.3 Å². The topological polar surface area (TPSA) is 82.0 Å². The zero-order valence-electron chi connectivity index (χ0n) is 13.6. The first-order valence-corrected chi connectivity index (χ1v) is 8.86. The summed E-state index contributed by atoms with van der Waals surface area (Å²) in [5.74, 6) is -0.475. The van der Waals surface area contributed by atoms with Crippen LogP contribution >= 0.6 is 0 Å². The van der Waals surface area contributed by atoms with E-state index < -0.39 is 16.1 Å². The van der Waals surface area contributed by atoms with Gasteiger partial charge in [-0.05, 0) is 38.1 Å². The third kappa shape index (κ3) is 3.61. The lowest BCUT2D eigenvalue weighted by Crippen LogP contribution is -2.10. The molecule has 0 bridgehead atoms. The van der Waals surface area contributed by atoms with Gasteiger partial charge in [0.1, 0.15) is 10.6 Å². The van der Waals surface area contributed by atoms with Gasteiger partial charge < -0.3 is 9.02 Å². The van der Waals surface area contributed by atoms with Gasteiger partial charge >= 0.3 is 16.1 Å². The van der Waals surface area contributed by atoms with Crippen molar-refractivity contribution in [3.05, 3.63) is 65.2 Å². The summed E-state index contributed by atoms with van der Waals surface area (Å²) < 4.78 is 30.2. The van der Waals surface area contributed by atoms with Crippen LogP contribution in [0.4, 0.5) is 0 Å². The number of hydrogen-bond donors (Lipinski definition) is 0. The Morgan fingerprint density at radius 2 is 1.72 bits per heavy atom. The van der Waals surface area contributed by atoms with E-state index in [1.807, 2.05) is 6.92 Å². The van der Waals surface area contributed by atoms with Gasteiger partial charge in [-0.3, -0.25) is 0 Å². The highest BCUT2D eigenvalue weighted by Gasteiger charge is 2.23. The average molecular weight is 357 g/mol. The van der Waals surface area contributed by atoms with Crippen molar-refractivity contribution < 1.29 is 22.2 Å². The van der Waals surface area contributed by atoms with Crippen LogP contribution in [0.1, 0.15) is 18.1 Å². The minimum absolute atomic E-state index is 0.0542. The van der Waals surface area contributed by atoms with Crippen molar-refractivity contribution >= 4 is 27.9 Å². The van der Waals surface area contributed by atoms with Crippen LogP contribution in [0.25, 0.3) is 6.08 Å². The molecule has 1 aliphatic heterocycles. The van der Waals surface area contributed by atoms with Crippen LogP contribution in [-0.2, 0) is 19.8 Å². The Morgan fingerprint density at radius 1 is 1.04 bits per heavy atom. The molecule has 2 aromatic rings. The largest absolute Gasteiger partial charge is 0.378 e. The molecular formula is C18H15NO5S. The molecule has 0 saturated heterocycles. The molecule has 0 fully saturated rings. The minimum atomic E-state index is -3.99. The van der Waals surface area contributed by atoms with Gasteiger partial charge in [-0.1, -0.05) is 41.1 Å². The maximum atomic E-state index is 12.5. The first-order valence-electron chi connectivity index (χ1n) is 7.45. The smallest absolute Gasteiger partial charge is 0.367 e. The summed E-state index contributed by atoms with van der Waals surface area (Å²) in [6, 6.07) is 12.9. The molecule has 1 heterocycles. The lowest BCUT2D eigenvalue weighted by Gasteiger charge is -2.10. The fraction of sp³-hybridized carbons (Fsp3) is 0.111. The SMILES string of the molecule is CC1=NOC(=O)/C1=C/c1ccccc1OS(=O)(=O)c1ccc(C)cc1. The monoisotopic (exact) mass is 357 g/mol. The number of oxime groups is 1. The molecule has 0 unspecified atom stereocenters. The zero-order valence-corrected chi connectivity index (χ0v) is 14.4. The number of hydrogen-bond acceptors (Lipinski definition) is 6. The Balaban J connectivity index is 1.97. The molecule has 0 aromatic heterocycles. The van der Waals surface area contributed by atoms with E-state index >= 15 is 0 Å². The van der Waals surface area contributed by atoms with Gasteiger partial charge in [-0.25, -0.2) is 4.79 Å². The molecule has 6 nitrogen and oxygen atoms in total. The summed E-state index contributed by atoms with van der Waals surface area (Å²) in [5, 5.41) is 3.59. The van der Waals surface area contributed by atoms with Crippen LogP contribution < -0.4 is 4.18 Å². The molecule has 7 heteroatoms. The van der Waals surface area contributed by atoms with Gasteiger partial charge in [-0.15, -0.1) is 0 Å². The predicted octanol–water partition coefficient (Wildman–Crippen LogP) is 3.08. The Kier molecular flexibility index (Phi) is 4.41. The predicted molar refractivity (Wildman–Crippen MR) is 92.6 cm³/mol. The second-order valence-electron chi connectivity index (χ2n) is 5.50. The van der Waals surface area contributed by atoms with Gasteiger partial charge in [0.15, 0.2) is 0 Å². The molecule has 0 radical (unpaired) electrons. The lowest BCUT2D eigenvalue weighted by molar-refractivity contribution is -0.136. The summed E-state index contributed by atoms with van der Waals surface area (Å²) in [5.41, 5.74) is 2.05. The van der Waals surface area contributed by atoms with Crippen molar-refractivity contribution in [1.29, 1.82) is 0 Å².